The molecule has 3 nitrogen and oxygen atoms in total. The van der Waals surface area contributed by atoms with Crippen molar-refractivity contribution in [2.24, 2.45) is 11.1 Å². The van der Waals surface area contributed by atoms with Crippen LogP contribution in [0.2, 0.25) is 0 Å². The van der Waals surface area contributed by atoms with E-state index in [0.717, 1.165) is 18.8 Å². The molecule has 0 aromatic heterocycles. The molecule has 0 aliphatic carbocycles. The molecule has 0 heterocycles. The fraction of sp³-hybridized carbons (Fsp3) is 0.625. The summed E-state index contributed by atoms with van der Waals surface area (Å²) >= 11 is 0. The predicted octanol–water partition coefficient (Wildman–Crippen LogP) is 3.29. The van der Waals surface area contributed by atoms with Crippen LogP contribution >= 0.6 is 0 Å². The first-order chi connectivity index (χ1) is 8.98. The minimum Gasteiger partial charge on any atom is -0.497 e. The smallest absolute Gasteiger partial charge is 0.119 e. The molecule has 0 saturated carbocycles. The van der Waals surface area contributed by atoms with Crippen LogP contribution in [0.3, 0.4) is 0 Å². The Kier molecular flexibility index (Phi) is 6.16. The molecule has 0 amide bonds. The summed E-state index contributed by atoms with van der Waals surface area (Å²) in [5.41, 5.74) is 7.26. The third-order valence-electron chi connectivity index (χ3n) is 3.66. The van der Waals surface area contributed by atoms with E-state index in [9.17, 15) is 0 Å². The molecule has 0 atom stereocenters. The van der Waals surface area contributed by atoms with Crippen molar-refractivity contribution >= 4 is 5.69 Å². The standard InChI is InChI=1S/C16H28N2O/c1-16(2,13-17)11-5-6-12-18(3)14-7-9-15(19-4)10-8-14/h7-10H,5-6,11-13,17H2,1-4H3. The Labute approximate surface area is 117 Å². The molecule has 0 bridgehead atoms. The van der Waals surface area contributed by atoms with E-state index in [4.69, 9.17) is 10.5 Å². The van der Waals surface area contributed by atoms with E-state index in [1.54, 1.807) is 7.11 Å². The number of unbranched alkanes of at least 4 members (excludes halogenated alkanes) is 1. The molecular weight excluding hydrogens is 236 g/mol. The monoisotopic (exact) mass is 264 g/mol. The highest BCUT2D eigenvalue weighted by Gasteiger charge is 2.14. The Balaban J connectivity index is 2.32. The van der Waals surface area contributed by atoms with Crippen LogP contribution in [0, 0.1) is 5.41 Å². The molecule has 108 valence electrons. The van der Waals surface area contributed by atoms with Gasteiger partial charge in [-0.25, -0.2) is 0 Å². The number of nitrogens with two attached hydrogens (primary N) is 1. The average molecular weight is 264 g/mol. The summed E-state index contributed by atoms with van der Waals surface area (Å²) < 4.78 is 5.17. The molecule has 1 aromatic carbocycles. The number of hydrogen-bond donors (Lipinski definition) is 1. The Morgan fingerprint density at radius 1 is 1.16 bits per heavy atom. The second kappa shape index (κ2) is 7.39. The van der Waals surface area contributed by atoms with Gasteiger partial charge in [0.1, 0.15) is 5.75 Å². The molecular formula is C16H28N2O. The first-order valence-electron chi connectivity index (χ1n) is 7.04. The van der Waals surface area contributed by atoms with E-state index in [1.807, 2.05) is 12.1 Å². The second-order valence-electron chi connectivity index (χ2n) is 5.95. The Hall–Kier alpha value is -1.22. The van der Waals surface area contributed by atoms with E-state index in [-0.39, 0.29) is 5.41 Å². The third-order valence-corrected chi connectivity index (χ3v) is 3.66. The van der Waals surface area contributed by atoms with Crippen molar-refractivity contribution in [2.45, 2.75) is 33.1 Å². The number of benzene rings is 1. The van der Waals surface area contributed by atoms with E-state index in [0.29, 0.717) is 0 Å². The lowest BCUT2D eigenvalue weighted by atomic mass is 9.87. The van der Waals surface area contributed by atoms with Gasteiger partial charge in [0.15, 0.2) is 0 Å². The number of hydrogen-bond acceptors (Lipinski definition) is 3. The van der Waals surface area contributed by atoms with Gasteiger partial charge in [0.25, 0.3) is 0 Å². The maximum atomic E-state index is 5.74. The fourth-order valence-corrected chi connectivity index (χ4v) is 2.02. The maximum Gasteiger partial charge on any atom is 0.119 e. The van der Waals surface area contributed by atoms with Crippen LogP contribution in [0.25, 0.3) is 0 Å². The maximum absolute atomic E-state index is 5.74. The quantitative estimate of drug-likeness (QED) is 0.732. The molecule has 2 N–H and O–H groups in total. The SMILES string of the molecule is COc1ccc(N(C)CCCCC(C)(C)CN)cc1. The van der Waals surface area contributed by atoms with Crippen molar-refractivity contribution in [1.82, 2.24) is 0 Å². The molecule has 19 heavy (non-hydrogen) atoms. The topological polar surface area (TPSA) is 38.5 Å². The van der Waals surface area contributed by atoms with Crippen molar-refractivity contribution in [3.05, 3.63) is 24.3 Å². The molecule has 1 rings (SSSR count). The summed E-state index contributed by atoms with van der Waals surface area (Å²) in [7, 11) is 3.83. The summed E-state index contributed by atoms with van der Waals surface area (Å²) in [4.78, 5) is 2.29. The minimum absolute atomic E-state index is 0.276. The molecule has 0 saturated heterocycles. The predicted molar refractivity (Wildman–Crippen MR) is 83.0 cm³/mol. The van der Waals surface area contributed by atoms with Crippen LogP contribution in [0.4, 0.5) is 5.69 Å². The van der Waals surface area contributed by atoms with Crippen LogP contribution in [-0.2, 0) is 0 Å². The van der Waals surface area contributed by atoms with Gasteiger partial charge in [0.2, 0.25) is 0 Å². The first kappa shape index (κ1) is 15.8. The lowest BCUT2D eigenvalue weighted by Gasteiger charge is -2.23. The number of methoxy groups -OCH3 is 1. The lowest BCUT2D eigenvalue weighted by Crippen LogP contribution is -2.24. The van der Waals surface area contributed by atoms with Crippen molar-refractivity contribution in [3.8, 4) is 5.75 Å². The second-order valence-corrected chi connectivity index (χ2v) is 5.95. The molecule has 3 heteroatoms. The van der Waals surface area contributed by atoms with Crippen LogP contribution in [0.15, 0.2) is 24.3 Å². The Morgan fingerprint density at radius 2 is 1.79 bits per heavy atom. The van der Waals surface area contributed by atoms with Gasteiger partial charge in [-0.05, 0) is 49.1 Å². The summed E-state index contributed by atoms with van der Waals surface area (Å²) in [5, 5.41) is 0. The summed E-state index contributed by atoms with van der Waals surface area (Å²) in [5.74, 6) is 0.904. The highest BCUT2D eigenvalue weighted by atomic mass is 16.5. The number of anilines is 1. The molecule has 0 spiro atoms. The number of rotatable bonds is 8. The minimum atomic E-state index is 0.276. The fourth-order valence-electron chi connectivity index (χ4n) is 2.02. The van der Waals surface area contributed by atoms with E-state index in [1.165, 1.54) is 24.9 Å². The highest BCUT2D eigenvalue weighted by molar-refractivity contribution is 5.48. The van der Waals surface area contributed by atoms with Crippen LogP contribution in [0.5, 0.6) is 5.75 Å². The molecule has 0 fully saturated rings. The van der Waals surface area contributed by atoms with Crippen LogP contribution < -0.4 is 15.4 Å². The first-order valence-corrected chi connectivity index (χ1v) is 7.04. The summed E-state index contributed by atoms with van der Waals surface area (Å²) in [6.07, 6.45) is 3.62. The van der Waals surface area contributed by atoms with Gasteiger partial charge in [0, 0.05) is 19.3 Å². The zero-order valence-corrected chi connectivity index (χ0v) is 12.8. The molecule has 0 aliphatic heterocycles. The van der Waals surface area contributed by atoms with Crippen LogP contribution in [0.1, 0.15) is 33.1 Å². The summed E-state index contributed by atoms with van der Waals surface area (Å²) in [6.45, 7) is 6.31. The third kappa shape index (κ3) is 5.52. The van der Waals surface area contributed by atoms with Gasteiger partial charge in [-0.1, -0.05) is 20.3 Å². The van der Waals surface area contributed by atoms with Gasteiger partial charge in [-0.15, -0.1) is 0 Å². The average Bonchev–Trinajstić information content (AvgIpc) is 2.43. The highest BCUT2D eigenvalue weighted by Crippen LogP contribution is 2.22. The van der Waals surface area contributed by atoms with Crippen LogP contribution in [-0.4, -0.2) is 27.2 Å². The van der Waals surface area contributed by atoms with E-state index < -0.39 is 0 Å². The molecule has 0 aliphatic rings. The van der Waals surface area contributed by atoms with Gasteiger partial charge in [-0.2, -0.15) is 0 Å². The largest absolute Gasteiger partial charge is 0.497 e. The molecule has 0 radical (unpaired) electrons. The van der Waals surface area contributed by atoms with Crippen molar-refractivity contribution in [1.29, 1.82) is 0 Å². The number of nitrogens with zero attached hydrogens (tertiary/aromatic N) is 1. The summed E-state index contributed by atoms with van der Waals surface area (Å²) in [6, 6.07) is 8.21. The number of ether oxygens (including phenoxy) is 1. The van der Waals surface area contributed by atoms with E-state index >= 15 is 0 Å². The van der Waals surface area contributed by atoms with Gasteiger partial charge < -0.3 is 15.4 Å². The van der Waals surface area contributed by atoms with E-state index in [2.05, 4.69) is 37.9 Å². The zero-order valence-electron chi connectivity index (χ0n) is 12.8. The van der Waals surface area contributed by atoms with Gasteiger partial charge >= 0.3 is 0 Å². The Morgan fingerprint density at radius 3 is 2.32 bits per heavy atom. The molecule has 0 unspecified atom stereocenters. The molecule has 1 aromatic rings. The van der Waals surface area contributed by atoms with Crippen molar-refractivity contribution in [2.75, 3.05) is 32.1 Å². The zero-order chi connectivity index (χ0) is 14.3. The lowest BCUT2D eigenvalue weighted by molar-refractivity contribution is 0.333. The van der Waals surface area contributed by atoms with Gasteiger partial charge in [-0.3, -0.25) is 0 Å². The van der Waals surface area contributed by atoms with Crippen molar-refractivity contribution < 1.29 is 4.74 Å². The Bertz CT molecular complexity index is 360. The van der Waals surface area contributed by atoms with Crippen molar-refractivity contribution in [3.63, 3.8) is 0 Å². The normalized spacial score (nSPS) is 11.4. The van der Waals surface area contributed by atoms with Gasteiger partial charge in [0.05, 0.1) is 7.11 Å².